The van der Waals surface area contributed by atoms with E-state index in [1.54, 1.807) is 0 Å². The Hall–Kier alpha value is -3.01. The highest BCUT2D eigenvalue weighted by Crippen LogP contribution is 2.37. The number of benzene rings is 1. The normalized spacial score (nSPS) is 20.6. The van der Waals surface area contributed by atoms with E-state index in [9.17, 15) is 31.2 Å². The van der Waals surface area contributed by atoms with E-state index < -0.39 is 21.8 Å². The van der Waals surface area contributed by atoms with Gasteiger partial charge >= 0.3 is 6.18 Å². The van der Waals surface area contributed by atoms with Gasteiger partial charge in [-0.2, -0.15) is 22.6 Å². The lowest BCUT2D eigenvalue weighted by Gasteiger charge is -2.36. The third kappa shape index (κ3) is 8.66. The van der Waals surface area contributed by atoms with E-state index in [1.807, 2.05) is 14.5 Å². The molecule has 15 heteroatoms. The number of alkyl halides is 3. The number of likely N-dealkylation sites (tertiary alicyclic amines) is 3. The first-order valence-electron chi connectivity index (χ1n) is 17.6. The molecule has 1 aromatic heterocycles. The van der Waals surface area contributed by atoms with E-state index in [1.165, 1.54) is 16.4 Å². The van der Waals surface area contributed by atoms with Crippen molar-refractivity contribution >= 4 is 21.8 Å². The highest BCUT2D eigenvalue weighted by molar-refractivity contribution is 7.88. The molecule has 2 aromatic rings. The largest absolute Gasteiger partial charge is 0.416 e. The van der Waals surface area contributed by atoms with Crippen LogP contribution in [0.5, 0.6) is 0 Å². The van der Waals surface area contributed by atoms with Crippen LogP contribution in [0.15, 0.2) is 18.2 Å². The van der Waals surface area contributed by atoms with Crippen molar-refractivity contribution in [3.8, 4) is 11.3 Å². The van der Waals surface area contributed by atoms with Gasteiger partial charge in [0.1, 0.15) is 0 Å². The molecule has 1 N–H and O–H groups in total. The monoisotopic (exact) mass is 707 g/mol. The summed E-state index contributed by atoms with van der Waals surface area (Å²) in [5.74, 6) is -0.0513. The number of piperidine rings is 2. The quantitative estimate of drug-likeness (QED) is 0.381. The summed E-state index contributed by atoms with van der Waals surface area (Å²) in [7, 11) is -3.50. The Morgan fingerprint density at radius 2 is 1.71 bits per heavy atom. The summed E-state index contributed by atoms with van der Waals surface area (Å²) in [6.07, 6.45) is 4.44. The van der Waals surface area contributed by atoms with Crippen LogP contribution in [-0.4, -0.2) is 114 Å². The van der Waals surface area contributed by atoms with Gasteiger partial charge < -0.3 is 15.1 Å². The summed E-state index contributed by atoms with van der Waals surface area (Å²) in [6.45, 7) is 6.01. The number of rotatable bonds is 11. The van der Waals surface area contributed by atoms with Crippen LogP contribution in [-0.2, 0) is 51.8 Å². The summed E-state index contributed by atoms with van der Waals surface area (Å²) in [5.41, 5.74) is 1.64. The fraction of sp³-hybridized carbons (Fsp3) is 0.676. The molecule has 0 saturated carbocycles. The van der Waals surface area contributed by atoms with E-state index in [-0.39, 0.29) is 37.0 Å². The van der Waals surface area contributed by atoms with Gasteiger partial charge in [0.2, 0.25) is 21.8 Å². The van der Waals surface area contributed by atoms with Gasteiger partial charge in [-0.05, 0) is 75.9 Å². The lowest BCUT2D eigenvalue weighted by Crippen LogP contribution is -2.45. The number of hydrogen-bond acceptors (Lipinski definition) is 7. The number of fused-ring (bicyclic) bond motifs is 1. The lowest BCUT2D eigenvalue weighted by molar-refractivity contribution is -0.138. The summed E-state index contributed by atoms with van der Waals surface area (Å²) in [6, 6.07) is 4.18. The van der Waals surface area contributed by atoms with Crippen molar-refractivity contribution in [2.24, 2.45) is 0 Å². The van der Waals surface area contributed by atoms with Gasteiger partial charge in [-0.1, -0.05) is 12.5 Å². The lowest BCUT2D eigenvalue weighted by atomic mass is 9.97. The van der Waals surface area contributed by atoms with Gasteiger partial charge in [-0.25, -0.2) is 8.42 Å². The minimum atomic E-state index is -4.62. The topological polar surface area (TPSA) is 111 Å². The molecule has 0 radical (unpaired) electrons. The van der Waals surface area contributed by atoms with Gasteiger partial charge in [-0.15, -0.1) is 0 Å². The molecular weight excluding hydrogens is 659 g/mol. The van der Waals surface area contributed by atoms with Crippen molar-refractivity contribution in [2.75, 3.05) is 58.6 Å². The van der Waals surface area contributed by atoms with Crippen molar-refractivity contribution in [2.45, 2.75) is 89.6 Å². The highest BCUT2D eigenvalue weighted by Gasteiger charge is 2.35. The summed E-state index contributed by atoms with van der Waals surface area (Å²) in [4.78, 5) is 31.4. The maximum Gasteiger partial charge on any atom is 0.416 e. The maximum atomic E-state index is 14.1. The smallest absolute Gasteiger partial charge is 0.351 e. The molecule has 6 rings (SSSR count). The third-order valence-electron chi connectivity index (χ3n) is 10.5. The first-order valence-corrected chi connectivity index (χ1v) is 19.5. The fourth-order valence-electron chi connectivity index (χ4n) is 7.85. The molecule has 2 amide bonds. The molecule has 0 spiro atoms. The van der Waals surface area contributed by atoms with Crippen LogP contribution in [0.3, 0.4) is 0 Å². The Labute approximate surface area is 286 Å². The molecule has 4 aliphatic rings. The Bertz CT molecular complexity index is 1620. The Morgan fingerprint density at radius 1 is 0.959 bits per heavy atom. The SMILES string of the molecule is CS(=O)(=O)N1CCc2c(c(-c3ccc(C(F)(F)F)c(CNC(=O)CN4CCCCC4)c3)nn2CCCN2CCC(N3CCCC3=O)CC2)C1. The number of halogens is 3. The second-order valence-corrected chi connectivity index (χ2v) is 15.9. The van der Waals surface area contributed by atoms with Crippen LogP contribution >= 0.6 is 0 Å². The fourth-order valence-corrected chi connectivity index (χ4v) is 8.64. The maximum absolute atomic E-state index is 14.1. The van der Waals surface area contributed by atoms with Crippen molar-refractivity contribution in [1.29, 1.82) is 0 Å². The predicted molar refractivity (Wildman–Crippen MR) is 179 cm³/mol. The van der Waals surface area contributed by atoms with Crippen LogP contribution < -0.4 is 5.32 Å². The van der Waals surface area contributed by atoms with Crippen LogP contribution in [0, 0.1) is 0 Å². The minimum Gasteiger partial charge on any atom is -0.351 e. The summed E-state index contributed by atoms with van der Waals surface area (Å²) in [5, 5.41) is 7.59. The molecule has 1 aromatic carbocycles. The van der Waals surface area contributed by atoms with Gasteiger partial charge in [0, 0.05) is 81.5 Å². The standard InChI is InChI=1S/C34H48F3N7O4S/c1-49(47,48)42-20-12-30-28(23-42)33(39-44(30)17-6-15-40-18-10-27(11-19-40)43-16-5-7-32(43)46)25-8-9-29(34(35,36)37)26(21-25)22-38-31(45)24-41-13-3-2-4-14-41/h8-9,21,27H,2-7,10-20,22-24H2,1H3,(H,38,45). The molecule has 11 nitrogen and oxygen atoms in total. The van der Waals surface area contributed by atoms with E-state index in [0.717, 1.165) is 102 Å². The number of nitrogens with one attached hydrogen (secondary N) is 1. The molecule has 0 atom stereocenters. The minimum absolute atomic E-state index is 0.0601. The van der Waals surface area contributed by atoms with Crippen molar-refractivity contribution < 1.29 is 31.2 Å². The highest BCUT2D eigenvalue weighted by atomic mass is 32.2. The number of aryl methyl sites for hydroxylation is 1. The van der Waals surface area contributed by atoms with Crippen LogP contribution in [0.25, 0.3) is 11.3 Å². The summed E-state index contributed by atoms with van der Waals surface area (Å²) >= 11 is 0. The van der Waals surface area contributed by atoms with Gasteiger partial charge in [0.25, 0.3) is 0 Å². The number of sulfonamides is 1. The molecule has 0 aliphatic carbocycles. The van der Waals surface area contributed by atoms with Gasteiger partial charge in [0.15, 0.2) is 0 Å². The number of aromatic nitrogens is 2. The molecule has 270 valence electrons. The van der Waals surface area contributed by atoms with Gasteiger partial charge in [-0.3, -0.25) is 19.2 Å². The first kappa shape index (κ1) is 35.8. The van der Waals surface area contributed by atoms with E-state index in [4.69, 9.17) is 5.10 Å². The van der Waals surface area contributed by atoms with Crippen molar-refractivity contribution in [3.05, 3.63) is 40.6 Å². The number of amides is 2. The second-order valence-electron chi connectivity index (χ2n) is 13.9. The zero-order valence-corrected chi connectivity index (χ0v) is 29.1. The van der Waals surface area contributed by atoms with E-state index >= 15 is 0 Å². The van der Waals surface area contributed by atoms with Crippen molar-refractivity contribution in [1.82, 2.24) is 34.1 Å². The molecule has 4 aliphatic heterocycles. The van der Waals surface area contributed by atoms with E-state index in [2.05, 4.69) is 10.2 Å². The second kappa shape index (κ2) is 15.1. The number of nitrogens with zero attached hydrogens (tertiary/aromatic N) is 6. The average Bonchev–Trinajstić information content (AvgIpc) is 3.66. The zero-order chi connectivity index (χ0) is 34.8. The zero-order valence-electron chi connectivity index (χ0n) is 28.3. The average molecular weight is 708 g/mol. The molecule has 0 bridgehead atoms. The molecule has 49 heavy (non-hydrogen) atoms. The number of carbonyl (C=O) groups is 2. The molecule has 0 unspecified atom stereocenters. The van der Waals surface area contributed by atoms with Crippen LogP contribution in [0.4, 0.5) is 13.2 Å². The Kier molecular flexibility index (Phi) is 11.0. The van der Waals surface area contributed by atoms with Crippen LogP contribution in [0.2, 0.25) is 0 Å². The molecule has 3 saturated heterocycles. The molecular formula is C34H48F3N7O4S. The third-order valence-corrected chi connectivity index (χ3v) is 11.7. The Balaban J connectivity index is 1.18. The predicted octanol–water partition coefficient (Wildman–Crippen LogP) is 3.47. The van der Waals surface area contributed by atoms with Crippen LogP contribution in [0.1, 0.15) is 73.8 Å². The molecule has 3 fully saturated rings. The molecule has 5 heterocycles. The van der Waals surface area contributed by atoms with E-state index in [0.29, 0.717) is 48.8 Å². The van der Waals surface area contributed by atoms with Crippen molar-refractivity contribution in [3.63, 3.8) is 0 Å². The summed E-state index contributed by atoms with van der Waals surface area (Å²) < 4.78 is 70.7. The Morgan fingerprint density at radius 3 is 2.39 bits per heavy atom. The number of carbonyl (C=O) groups excluding carboxylic acids is 2. The van der Waals surface area contributed by atoms with Gasteiger partial charge in [0.05, 0.1) is 24.1 Å². The number of hydrogen-bond donors (Lipinski definition) is 1. The first-order chi connectivity index (χ1) is 23.4.